The molecule has 0 heterocycles. The molecule has 1 unspecified atom stereocenters. The van der Waals surface area contributed by atoms with Gasteiger partial charge in [0.1, 0.15) is 0 Å². The van der Waals surface area contributed by atoms with Crippen LogP contribution in [0.1, 0.15) is 36.7 Å². The zero-order valence-electron chi connectivity index (χ0n) is 10.7. The number of benzene rings is 1. The summed E-state index contributed by atoms with van der Waals surface area (Å²) in [5.74, 6) is 1.08. The van der Waals surface area contributed by atoms with Crippen LogP contribution >= 0.6 is 0 Å². The summed E-state index contributed by atoms with van der Waals surface area (Å²) in [6.07, 6.45) is 0.966. The minimum absolute atomic E-state index is 0.0216. The molecule has 0 aliphatic carbocycles. The predicted octanol–water partition coefficient (Wildman–Crippen LogP) is 2.84. The van der Waals surface area contributed by atoms with Crippen LogP contribution in [0.5, 0.6) is 0 Å². The largest absolute Gasteiger partial charge is 0.293 e. The van der Waals surface area contributed by atoms with E-state index in [0.717, 1.165) is 6.42 Å². The predicted molar refractivity (Wildman–Crippen MR) is 72.9 cm³/mol. The number of Topliss-reactive ketones (excluding diaryl/α,β-unsaturated/α-hetero) is 1. The van der Waals surface area contributed by atoms with E-state index in [9.17, 15) is 9.00 Å². The summed E-state index contributed by atoms with van der Waals surface area (Å²) in [6, 6.07) is 7.57. The molecule has 1 rings (SSSR count). The van der Waals surface area contributed by atoms with Crippen LogP contribution in [0, 0.1) is 5.92 Å². The van der Waals surface area contributed by atoms with Gasteiger partial charge in [-0.3, -0.25) is 9.00 Å². The van der Waals surface area contributed by atoms with Crippen molar-refractivity contribution in [1.82, 2.24) is 0 Å². The van der Waals surface area contributed by atoms with Crippen LogP contribution in [0.3, 0.4) is 0 Å². The SMILES string of the molecule is CCc1ccc(C(=O)CS(=O)CC(C)C)cc1. The molecule has 1 atom stereocenters. The second-order valence-electron chi connectivity index (χ2n) is 4.62. The van der Waals surface area contributed by atoms with Gasteiger partial charge in [0, 0.05) is 22.1 Å². The van der Waals surface area contributed by atoms with Crippen LogP contribution in [-0.2, 0) is 17.2 Å². The Bertz CT molecular complexity index is 393. The topological polar surface area (TPSA) is 34.1 Å². The summed E-state index contributed by atoms with van der Waals surface area (Å²) in [6.45, 7) is 6.10. The molecule has 0 saturated carbocycles. The van der Waals surface area contributed by atoms with Gasteiger partial charge in [0.15, 0.2) is 5.78 Å². The highest BCUT2D eigenvalue weighted by Gasteiger charge is 2.11. The number of aryl methyl sites for hydroxylation is 1. The summed E-state index contributed by atoms with van der Waals surface area (Å²) in [5, 5.41) is 0. The highest BCUT2D eigenvalue weighted by atomic mass is 32.2. The van der Waals surface area contributed by atoms with E-state index in [4.69, 9.17) is 0 Å². The molecule has 0 saturated heterocycles. The minimum atomic E-state index is -1.04. The van der Waals surface area contributed by atoms with Crippen molar-refractivity contribution in [2.45, 2.75) is 27.2 Å². The van der Waals surface area contributed by atoms with Crippen LogP contribution in [0.25, 0.3) is 0 Å². The molecule has 0 radical (unpaired) electrons. The average molecular weight is 252 g/mol. The van der Waals surface area contributed by atoms with E-state index in [1.165, 1.54) is 5.56 Å². The lowest BCUT2D eigenvalue weighted by Crippen LogP contribution is -2.15. The Morgan fingerprint density at radius 3 is 2.29 bits per heavy atom. The number of carbonyl (C=O) groups excluding carboxylic acids is 1. The van der Waals surface area contributed by atoms with Crippen molar-refractivity contribution in [2.24, 2.45) is 5.92 Å². The molecule has 0 aliphatic rings. The summed E-state index contributed by atoms with van der Waals surface area (Å²) in [7, 11) is -1.04. The first kappa shape index (κ1) is 14.1. The van der Waals surface area contributed by atoms with E-state index in [-0.39, 0.29) is 11.5 Å². The van der Waals surface area contributed by atoms with Crippen molar-refractivity contribution in [1.29, 1.82) is 0 Å². The lowest BCUT2D eigenvalue weighted by molar-refractivity contribution is 0.102. The Labute approximate surface area is 106 Å². The first-order valence-corrected chi connectivity index (χ1v) is 7.48. The normalized spacial score (nSPS) is 12.7. The van der Waals surface area contributed by atoms with E-state index in [2.05, 4.69) is 6.92 Å². The van der Waals surface area contributed by atoms with Crippen molar-refractivity contribution in [3.63, 3.8) is 0 Å². The maximum Gasteiger partial charge on any atom is 0.175 e. The van der Waals surface area contributed by atoms with Crippen LogP contribution in [0.2, 0.25) is 0 Å². The zero-order valence-corrected chi connectivity index (χ0v) is 11.5. The molecule has 0 N–H and O–H groups in total. The Morgan fingerprint density at radius 1 is 1.24 bits per heavy atom. The van der Waals surface area contributed by atoms with Crippen LogP contribution < -0.4 is 0 Å². The molecular formula is C14H20O2S. The van der Waals surface area contributed by atoms with Crippen molar-refractivity contribution < 1.29 is 9.00 Å². The van der Waals surface area contributed by atoms with Crippen molar-refractivity contribution >= 4 is 16.6 Å². The van der Waals surface area contributed by atoms with E-state index in [1.807, 2.05) is 38.1 Å². The molecule has 94 valence electrons. The number of ketones is 1. The van der Waals surface area contributed by atoms with E-state index < -0.39 is 10.8 Å². The summed E-state index contributed by atoms with van der Waals surface area (Å²) in [4.78, 5) is 11.8. The average Bonchev–Trinajstić information content (AvgIpc) is 2.28. The molecule has 17 heavy (non-hydrogen) atoms. The molecule has 0 aliphatic heterocycles. The highest BCUT2D eigenvalue weighted by molar-refractivity contribution is 7.85. The number of rotatable bonds is 6. The van der Waals surface area contributed by atoms with Gasteiger partial charge >= 0.3 is 0 Å². The van der Waals surface area contributed by atoms with Crippen molar-refractivity contribution in [2.75, 3.05) is 11.5 Å². The fourth-order valence-electron chi connectivity index (χ4n) is 1.59. The van der Waals surface area contributed by atoms with Crippen LogP contribution in [-0.4, -0.2) is 21.5 Å². The third kappa shape index (κ3) is 4.82. The Kier molecular flexibility index (Phi) is 5.56. The number of carbonyl (C=O) groups is 1. The van der Waals surface area contributed by atoms with Gasteiger partial charge in [-0.25, -0.2) is 0 Å². The maximum absolute atomic E-state index is 11.8. The molecule has 0 fully saturated rings. The Hall–Kier alpha value is -0.960. The first-order chi connectivity index (χ1) is 8.02. The lowest BCUT2D eigenvalue weighted by Gasteiger charge is -2.05. The van der Waals surface area contributed by atoms with Gasteiger partial charge in [0.05, 0.1) is 5.75 Å². The summed E-state index contributed by atoms with van der Waals surface area (Å²) in [5.41, 5.74) is 1.88. The van der Waals surface area contributed by atoms with Gasteiger partial charge in [0.2, 0.25) is 0 Å². The van der Waals surface area contributed by atoms with Gasteiger partial charge in [-0.1, -0.05) is 45.0 Å². The van der Waals surface area contributed by atoms with E-state index >= 15 is 0 Å². The Balaban J connectivity index is 2.60. The van der Waals surface area contributed by atoms with Gasteiger partial charge in [0.25, 0.3) is 0 Å². The van der Waals surface area contributed by atoms with Crippen molar-refractivity contribution in [3.8, 4) is 0 Å². The van der Waals surface area contributed by atoms with Gasteiger partial charge < -0.3 is 0 Å². The van der Waals surface area contributed by atoms with Gasteiger partial charge in [-0.2, -0.15) is 0 Å². The Morgan fingerprint density at radius 2 is 1.82 bits per heavy atom. The molecule has 0 amide bonds. The van der Waals surface area contributed by atoms with Gasteiger partial charge in [-0.05, 0) is 17.9 Å². The molecular weight excluding hydrogens is 232 g/mol. The fourth-order valence-corrected chi connectivity index (χ4v) is 2.91. The number of hydrogen-bond donors (Lipinski definition) is 0. The molecule has 1 aromatic rings. The summed E-state index contributed by atoms with van der Waals surface area (Å²) >= 11 is 0. The molecule has 1 aromatic carbocycles. The third-order valence-electron chi connectivity index (χ3n) is 2.50. The molecule has 0 aromatic heterocycles. The minimum Gasteiger partial charge on any atom is -0.293 e. The van der Waals surface area contributed by atoms with Gasteiger partial charge in [-0.15, -0.1) is 0 Å². The smallest absolute Gasteiger partial charge is 0.175 e. The van der Waals surface area contributed by atoms with Crippen LogP contribution in [0.4, 0.5) is 0 Å². The number of hydrogen-bond acceptors (Lipinski definition) is 2. The first-order valence-electron chi connectivity index (χ1n) is 6.00. The molecule has 3 heteroatoms. The zero-order chi connectivity index (χ0) is 12.8. The molecule has 2 nitrogen and oxygen atoms in total. The highest BCUT2D eigenvalue weighted by Crippen LogP contribution is 2.07. The quantitative estimate of drug-likeness (QED) is 0.730. The monoisotopic (exact) mass is 252 g/mol. The summed E-state index contributed by atoms with van der Waals surface area (Å²) < 4.78 is 11.7. The van der Waals surface area contributed by atoms with E-state index in [1.54, 1.807) is 0 Å². The fraction of sp³-hybridized carbons (Fsp3) is 0.500. The maximum atomic E-state index is 11.8. The standard InChI is InChI=1S/C14H20O2S/c1-4-12-5-7-13(8-6-12)14(15)10-17(16)9-11(2)3/h5-8,11H,4,9-10H2,1-3H3. The van der Waals surface area contributed by atoms with E-state index in [0.29, 0.717) is 17.2 Å². The van der Waals surface area contributed by atoms with Crippen molar-refractivity contribution in [3.05, 3.63) is 35.4 Å². The molecule has 0 bridgehead atoms. The van der Waals surface area contributed by atoms with Crippen LogP contribution in [0.15, 0.2) is 24.3 Å². The molecule has 0 spiro atoms. The lowest BCUT2D eigenvalue weighted by atomic mass is 10.1. The second-order valence-corrected chi connectivity index (χ2v) is 6.12. The second kappa shape index (κ2) is 6.70. The third-order valence-corrected chi connectivity index (χ3v) is 4.12.